The van der Waals surface area contributed by atoms with Gasteiger partial charge in [-0.05, 0) is 44.5 Å². The van der Waals surface area contributed by atoms with E-state index >= 15 is 0 Å². The number of halogens is 1. The molecule has 1 amide bonds. The summed E-state index contributed by atoms with van der Waals surface area (Å²) in [7, 11) is 0. The summed E-state index contributed by atoms with van der Waals surface area (Å²) in [5, 5.41) is 2.40. The Morgan fingerprint density at radius 3 is 2.33 bits per heavy atom. The SMILES string of the molecule is CC(=O)Nc1ccc(C(=O)COC(=O)c2[nH]c(C)c(C(C)=O)c2C)c(F)c1. The zero-order valence-electron chi connectivity index (χ0n) is 15.4. The normalized spacial score (nSPS) is 10.4. The lowest BCUT2D eigenvalue weighted by Gasteiger charge is -2.07. The number of hydrogen-bond acceptors (Lipinski definition) is 5. The number of nitrogens with one attached hydrogen (secondary N) is 2. The number of ether oxygens (including phenoxy) is 1. The van der Waals surface area contributed by atoms with E-state index in [0.717, 1.165) is 6.07 Å². The highest BCUT2D eigenvalue weighted by Crippen LogP contribution is 2.20. The van der Waals surface area contributed by atoms with Gasteiger partial charge in [-0.2, -0.15) is 0 Å². The van der Waals surface area contributed by atoms with Crippen molar-refractivity contribution in [1.82, 2.24) is 4.98 Å². The maximum Gasteiger partial charge on any atom is 0.355 e. The molecule has 0 aliphatic heterocycles. The predicted molar refractivity (Wildman–Crippen MR) is 95.6 cm³/mol. The number of aryl methyl sites for hydroxylation is 1. The molecule has 0 aliphatic carbocycles. The fraction of sp³-hybridized carbons (Fsp3) is 0.263. The van der Waals surface area contributed by atoms with Crippen LogP contribution in [-0.4, -0.2) is 35.0 Å². The van der Waals surface area contributed by atoms with E-state index in [0.29, 0.717) is 16.8 Å². The van der Waals surface area contributed by atoms with Crippen molar-refractivity contribution in [2.45, 2.75) is 27.7 Å². The number of ketones is 2. The Bertz CT molecular complexity index is 946. The van der Waals surface area contributed by atoms with E-state index in [1.165, 1.54) is 26.0 Å². The average Bonchev–Trinajstić information content (AvgIpc) is 2.86. The van der Waals surface area contributed by atoms with E-state index < -0.39 is 24.2 Å². The highest BCUT2D eigenvalue weighted by atomic mass is 19.1. The van der Waals surface area contributed by atoms with Crippen molar-refractivity contribution in [1.29, 1.82) is 0 Å². The highest BCUT2D eigenvalue weighted by molar-refractivity contribution is 6.03. The van der Waals surface area contributed by atoms with Crippen LogP contribution in [0.5, 0.6) is 0 Å². The Hall–Kier alpha value is -3.29. The third-order valence-corrected chi connectivity index (χ3v) is 3.92. The van der Waals surface area contributed by atoms with Crippen LogP contribution >= 0.6 is 0 Å². The molecule has 27 heavy (non-hydrogen) atoms. The molecule has 2 rings (SSSR count). The third kappa shape index (κ3) is 4.46. The van der Waals surface area contributed by atoms with E-state index in [1.54, 1.807) is 13.8 Å². The number of anilines is 1. The smallest absolute Gasteiger partial charge is 0.355 e. The zero-order valence-corrected chi connectivity index (χ0v) is 15.4. The number of benzene rings is 1. The van der Waals surface area contributed by atoms with E-state index in [9.17, 15) is 23.6 Å². The maximum absolute atomic E-state index is 14.1. The summed E-state index contributed by atoms with van der Waals surface area (Å²) in [6, 6.07) is 3.58. The van der Waals surface area contributed by atoms with Gasteiger partial charge in [0.15, 0.2) is 12.4 Å². The van der Waals surface area contributed by atoms with Crippen molar-refractivity contribution >= 4 is 29.1 Å². The number of carbonyl (C=O) groups is 4. The molecule has 8 heteroatoms. The molecule has 2 aromatic rings. The van der Waals surface area contributed by atoms with Crippen molar-refractivity contribution in [2.24, 2.45) is 0 Å². The number of H-pyrrole nitrogens is 1. The summed E-state index contributed by atoms with van der Waals surface area (Å²) in [5.74, 6) is -2.95. The molecular weight excluding hydrogens is 355 g/mol. The molecule has 142 valence electrons. The lowest BCUT2D eigenvalue weighted by atomic mass is 10.1. The van der Waals surface area contributed by atoms with Crippen molar-refractivity contribution < 1.29 is 28.3 Å². The first-order valence-corrected chi connectivity index (χ1v) is 8.09. The largest absolute Gasteiger partial charge is 0.453 e. The van der Waals surface area contributed by atoms with Gasteiger partial charge in [0.2, 0.25) is 11.7 Å². The van der Waals surface area contributed by atoms with E-state index in [1.807, 2.05) is 0 Å². The van der Waals surface area contributed by atoms with Crippen molar-refractivity contribution in [2.75, 3.05) is 11.9 Å². The molecule has 1 aromatic carbocycles. The quantitative estimate of drug-likeness (QED) is 0.597. The topological polar surface area (TPSA) is 105 Å². The van der Waals surface area contributed by atoms with Gasteiger partial charge in [0.25, 0.3) is 0 Å². The van der Waals surface area contributed by atoms with Gasteiger partial charge >= 0.3 is 5.97 Å². The monoisotopic (exact) mass is 374 g/mol. The molecule has 0 unspecified atom stereocenters. The molecule has 2 N–H and O–H groups in total. The number of aromatic nitrogens is 1. The van der Waals surface area contributed by atoms with Gasteiger partial charge in [0.05, 0.1) is 5.56 Å². The second kappa shape index (κ2) is 7.94. The van der Waals surface area contributed by atoms with Crippen LogP contribution in [0.4, 0.5) is 10.1 Å². The molecule has 0 fully saturated rings. The zero-order chi connectivity index (χ0) is 20.3. The molecule has 0 saturated carbocycles. The first-order valence-electron chi connectivity index (χ1n) is 8.09. The van der Waals surface area contributed by atoms with E-state index in [2.05, 4.69) is 10.3 Å². The van der Waals surface area contributed by atoms with Gasteiger partial charge < -0.3 is 15.0 Å². The van der Waals surface area contributed by atoms with Crippen LogP contribution < -0.4 is 5.32 Å². The Morgan fingerprint density at radius 1 is 1.15 bits per heavy atom. The summed E-state index contributed by atoms with van der Waals surface area (Å²) in [5.41, 5.74) is 1.38. The molecule has 0 saturated heterocycles. The Labute approximate surface area is 154 Å². The van der Waals surface area contributed by atoms with Gasteiger partial charge in [-0.15, -0.1) is 0 Å². The number of rotatable bonds is 6. The number of Topliss-reactive ketones (excluding diaryl/α,β-unsaturated/α-hetero) is 2. The first kappa shape index (κ1) is 20.0. The van der Waals surface area contributed by atoms with Gasteiger partial charge in [0.1, 0.15) is 11.5 Å². The minimum atomic E-state index is -0.840. The van der Waals surface area contributed by atoms with Gasteiger partial charge in [-0.25, -0.2) is 9.18 Å². The van der Waals surface area contributed by atoms with Crippen molar-refractivity contribution in [3.05, 3.63) is 52.1 Å². The standard InChI is InChI=1S/C19H19FN2O5/c1-9-17(11(3)23)10(2)21-18(9)19(26)27-8-16(25)14-6-5-13(7-15(14)20)22-12(4)24/h5-7,21H,8H2,1-4H3,(H,22,24). The molecule has 0 spiro atoms. The van der Waals surface area contributed by atoms with Gasteiger partial charge in [-0.1, -0.05) is 0 Å². The average molecular weight is 374 g/mol. The first-order chi connectivity index (χ1) is 12.6. The van der Waals surface area contributed by atoms with Crippen LogP contribution in [0, 0.1) is 19.7 Å². The van der Waals surface area contributed by atoms with Crippen molar-refractivity contribution in [3.63, 3.8) is 0 Å². The minimum Gasteiger partial charge on any atom is -0.453 e. The molecule has 0 atom stereocenters. The van der Waals surface area contributed by atoms with E-state index in [-0.39, 0.29) is 28.6 Å². The van der Waals surface area contributed by atoms with E-state index in [4.69, 9.17) is 4.74 Å². The number of esters is 1. The van der Waals surface area contributed by atoms with Crippen LogP contribution in [0.2, 0.25) is 0 Å². The third-order valence-electron chi connectivity index (χ3n) is 3.92. The molecule has 0 radical (unpaired) electrons. The van der Waals surface area contributed by atoms with Gasteiger partial charge in [0, 0.05) is 23.9 Å². The second-order valence-electron chi connectivity index (χ2n) is 6.06. The van der Waals surface area contributed by atoms with Crippen LogP contribution in [-0.2, 0) is 9.53 Å². The number of aromatic amines is 1. The molecule has 0 bridgehead atoms. The van der Waals surface area contributed by atoms with Crippen LogP contribution in [0.15, 0.2) is 18.2 Å². The Kier molecular flexibility index (Phi) is 5.89. The predicted octanol–water partition coefficient (Wildman–Crippen LogP) is 2.97. The van der Waals surface area contributed by atoms with Crippen LogP contribution in [0.3, 0.4) is 0 Å². The van der Waals surface area contributed by atoms with Gasteiger partial charge in [-0.3, -0.25) is 14.4 Å². The number of carbonyl (C=O) groups excluding carboxylic acids is 4. The molecule has 1 heterocycles. The fourth-order valence-corrected chi connectivity index (χ4v) is 2.79. The lowest BCUT2D eigenvalue weighted by molar-refractivity contribution is -0.114. The molecule has 1 aromatic heterocycles. The maximum atomic E-state index is 14.1. The summed E-state index contributed by atoms with van der Waals surface area (Å²) in [6.07, 6.45) is 0. The molecule has 7 nitrogen and oxygen atoms in total. The second-order valence-corrected chi connectivity index (χ2v) is 6.06. The fourth-order valence-electron chi connectivity index (χ4n) is 2.79. The highest BCUT2D eigenvalue weighted by Gasteiger charge is 2.22. The Balaban J connectivity index is 2.10. The molecule has 0 aliphatic rings. The summed E-state index contributed by atoms with van der Waals surface area (Å²) < 4.78 is 19.0. The summed E-state index contributed by atoms with van der Waals surface area (Å²) in [4.78, 5) is 49.7. The number of hydrogen-bond donors (Lipinski definition) is 2. The molecular formula is C19H19FN2O5. The number of amides is 1. The Morgan fingerprint density at radius 2 is 1.81 bits per heavy atom. The lowest BCUT2D eigenvalue weighted by Crippen LogP contribution is -2.16. The summed E-state index contributed by atoms with van der Waals surface area (Å²) >= 11 is 0. The minimum absolute atomic E-state index is 0.0759. The summed E-state index contributed by atoms with van der Waals surface area (Å²) in [6.45, 7) is 5.24. The van der Waals surface area contributed by atoms with Crippen LogP contribution in [0.25, 0.3) is 0 Å². The van der Waals surface area contributed by atoms with Crippen LogP contribution in [0.1, 0.15) is 56.3 Å². The van der Waals surface area contributed by atoms with Crippen molar-refractivity contribution in [3.8, 4) is 0 Å².